The first-order chi connectivity index (χ1) is 47.0. The summed E-state index contributed by atoms with van der Waals surface area (Å²) in [5.41, 5.74) is 0. The number of quaternary nitrogens is 1. The Balaban J connectivity index is 3.83. The van der Waals surface area contributed by atoms with Gasteiger partial charge in [0.25, 0.3) is 0 Å². The number of unbranched alkanes of at least 4 members (excludes halogenated alkanes) is 67. The molecule has 0 aliphatic carbocycles. The van der Waals surface area contributed by atoms with Crippen LogP contribution in [0.5, 0.6) is 0 Å². The maximum Gasteiger partial charge on any atom is 0.472 e. The summed E-state index contributed by atoms with van der Waals surface area (Å²) in [5, 5.41) is 0. The van der Waals surface area contributed by atoms with Gasteiger partial charge in [-0.15, -0.1) is 0 Å². The number of rotatable bonds is 83. The Bertz CT molecular complexity index is 1620. The Hall–Kier alpha value is -1.25. The van der Waals surface area contributed by atoms with E-state index in [1.165, 1.54) is 411 Å². The molecule has 572 valence electrons. The summed E-state index contributed by atoms with van der Waals surface area (Å²) < 4.78 is 34.9. The number of allylic oxidation sites excluding steroid dienone is 2. The van der Waals surface area contributed by atoms with Gasteiger partial charge in [0.15, 0.2) is 6.10 Å². The Labute approximate surface area is 600 Å². The average molecular weight is 1380 g/mol. The lowest BCUT2D eigenvalue weighted by Gasteiger charge is -2.24. The predicted octanol–water partition coefficient (Wildman–Crippen LogP) is 29.0. The zero-order chi connectivity index (χ0) is 69.7. The summed E-state index contributed by atoms with van der Waals surface area (Å²) in [6, 6.07) is 0. The second-order valence-electron chi connectivity index (χ2n) is 31.3. The lowest BCUT2D eigenvalue weighted by molar-refractivity contribution is -0.870. The molecule has 0 spiro atoms. The molecule has 96 heavy (non-hydrogen) atoms. The number of hydrogen-bond acceptors (Lipinski definition) is 7. The van der Waals surface area contributed by atoms with E-state index in [1.807, 2.05) is 21.1 Å². The highest BCUT2D eigenvalue weighted by Gasteiger charge is 2.27. The number of carbonyl (C=O) groups excluding carboxylic acids is 2. The van der Waals surface area contributed by atoms with Crippen LogP contribution in [0.4, 0.5) is 0 Å². The fourth-order valence-electron chi connectivity index (χ4n) is 13.7. The molecular weight excluding hydrogens is 1210 g/mol. The normalized spacial score (nSPS) is 12.9. The van der Waals surface area contributed by atoms with E-state index in [0.29, 0.717) is 17.4 Å². The number of likely N-dealkylation sites (N-methyl/N-ethyl adjacent to an activating group) is 1. The molecule has 0 heterocycles. The van der Waals surface area contributed by atoms with Crippen molar-refractivity contribution in [2.75, 3.05) is 47.5 Å². The van der Waals surface area contributed by atoms with Crippen LogP contribution in [0.3, 0.4) is 0 Å². The lowest BCUT2D eigenvalue weighted by atomic mass is 10.0. The van der Waals surface area contributed by atoms with Gasteiger partial charge in [0.1, 0.15) is 19.8 Å². The van der Waals surface area contributed by atoms with Gasteiger partial charge in [0.2, 0.25) is 0 Å². The van der Waals surface area contributed by atoms with Crippen LogP contribution in [-0.4, -0.2) is 74.9 Å². The third kappa shape index (κ3) is 81.7. The topological polar surface area (TPSA) is 108 Å². The van der Waals surface area contributed by atoms with E-state index in [0.717, 1.165) is 38.5 Å². The molecule has 0 saturated carbocycles. The monoisotopic (exact) mass is 1380 g/mol. The van der Waals surface area contributed by atoms with Gasteiger partial charge < -0.3 is 18.9 Å². The molecule has 1 N–H and O–H groups in total. The van der Waals surface area contributed by atoms with E-state index in [-0.39, 0.29) is 25.6 Å². The van der Waals surface area contributed by atoms with Crippen molar-refractivity contribution in [3.63, 3.8) is 0 Å². The van der Waals surface area contributed by atoms with E-state index in [9.17, 15) is 19.0 Å². The quantitative estimate of drug-likeness (QED) is 0.0211. The second kappa shape index (κ2) is 77.9. The van der Waals surface area contributed by atoms with Gasteiger partial charge in [-0.1, -0.05) is 437 Å². The van der Waals surface area contributed by atoms with Crippen LogP contribution in [0.15, 0.2) is 12.2 Å². The second-order valence-corrected chi connectivity index (χ2v) is 32.7. The molecule has 0 aliphatic heterocycles. The van der Waals surface area contributed by atoms with E-state index < -0.39 is 26.5 Å². The lowest BCUT2D eigenvalue weighted by Crippen LogP contribution is -2.37. The number of nitrogens with zero attached hydrogens (tertiary/aromatic N) is 1. The molecule has 10 heteroatoms. The van der Waals surface area contributed by atoms with Gasteiger partial charge in [-0.05, 0) is 38.5 Å². The first-order valence-electron chi connectivity index (χ1n) is 43.4. The van der Waals surface area contributed by atoms with Gasteiger partial charge in [0.05, 0.1) is 27.7 Å². The van der Waals surface area contributed by atoms with Crippen molar-refractivity contribution in [2.24, 2.45) is 0 Å². The first-order valence-corrected chi connectivity index (χ1v) is 44.9. The minimum atomic E-state index is -4.39. The van der Waals surface area contributed by atoms with Gasteiger partial charge in [-0.2, -0.15) is 0 Å². The van der Waals surface area contributed by atoms with Crippen molar-refractivity contribution in [1.29, 1.82) is 0 Å². The van der Waals surface area contributed by atoms with E-state index in [4.69, 9.17) is 18.5 Å². The molecule has 0 rings (SSSR count). The fourth-order valence-corrected chi connectivity index (χ4v) is 14.4. The summed E-state index contributed by atoms with van der Waals surface area (Å²) in [6.45, 7) is 4.54. The third-order valence-electron chi connectivity index (χ3n) is 20.3. The Morgan fingerprint density at radius 2 is 0.531 bits per heavy atom. The van der Waals surface area contributed by atoms with Crippen LogP contribution in [0.25, 0.3) is 0 Å². The smallest absolute Gasteiger partial charge is 0.462 e. The molecule has 0 saturated heterocycles. The molecule has 0 radical (unpaired) electrons. The van der Waals surface area contributed by atoms with E-state index in [1.54, 1.807) is 0 Å². The van der Waals surface area contributed by atoms with Crippen molar-refractivity contribution in [1.82, 2.24) is 0 Å². The van der Waals surface area contributed by atoms with Crippen molar-refractivity contribution in [2.45, 2.75) is 482 Å². The summed E-state index contributed by atoms with van der Waals surface area (Å²) >= 11 is 0. The molecule has 0 aromatic rings. The fraction of sp³-hybridized carbons (Fsp3) is 0.953. The SMILES string of the molecule is CCCCCCCCCC/C=C\CCCCCCCCCCCCCCCCCCCCCCCCCCCCCCCC(=O)OC(COC(=O)CCCCCCCCCCCCCCCCCCCCCCCCCCCCCCCCC)COP(=O)(O)OCC[N+](C)(C)C. The van der Waals surface area contributed by atoms with Crippen LogP contribution in [0.2, 0.25) is 0 Å². The van der Waals surface area contributed by atoms with Crippen LogP contribution in [0.1, 0.15) is 476 Å². The van der Waals surface area contributed by atoms with Crippen molar-refractivity contribution in [3.05, 3.63) is 12.2 Å². The minimum Gasteiger partial charge on any atom is -0.462 e. The number of hydrogen-bond donors (Lipinski definition) is 1. The van der Waals surface area contributed by atoms with Crippen molar-refractivity contribution < 1.29 is 42.1 Å². The summed E-state index contributed by atoms with van der Waals surface area (Å²) in [4.78, 5) is 36.0. The van der Waals surface area contributed by atoms with Crippen molar-refractivity contribution >= 4 is 19.8 Å². The van der Waals surface area contributed by atoms with Crippen LogP contribution < -0.4 is 0 Å². The van der Waals surface area contributed by atoms with Gasteiger partial charge in [-0.25, -0.2) is 4.57 Å². The maximum atomic E-state index is 12.9. The number of ether oxygens (including phenoxy) is 2. The van der Waals surface area contributed by atoms with Crippen LogP contribution in [-0.2, 0) is 32.7 Å². The molecule has 2 atom stereocenters. The number of phosphoric ester groups is 1. The molecule has 0 aliphatic rings. The molecule has 0 aromatic carbocycles. The summed E-state index contributed by atoms with van der Waals surface area (Å²) in [5.74, 6) is -0.764. The van der Waals surface area contributed by atoms with E-state index in [2.05, 4.69) is 26.0 Å². The maximum absolute atomic E-state index is 12.9. The van der Waals surface area contributed by atoms with E-state index >= 15 is 0 Å². The highest BCUT2D eigenvalue weighted by atomic mass is 31.2. The molecule has 0 fully saturated rings. The van der Waals surface area contributed by atoms with Gasteiger partial charge >= 0.3 is 19.8 Å². The average Bonchev–Trinajstić information content (AvgIpc) is 2.54. The van der Waals surface area contributed by atoms with Crippen LogP contribution in [0, 0.1) is 0 Å². The Kier molecular flexibility index (Phi) is 76.9. The number of carbonyl (C=O) groups is 2. The predicted molar refractivity (Wildman–Crippen MR) is 418 cm³/mol. The highest BCUT2D eigenvalue weighted by molar-refractivity contribution is 7.47. The summed E-state index contributed by atoms with van der Waals surface area (Å²) in [7, 11) is 1.51. The molecular formula is C86H171NO8P+. The van der Waals surface area contributed by atoms with Gasteiger partial charge in [0, 0.05) is 12.8 Å². The first kappa shape index (κ1) is 94.8. The number of phosphoric acid groups is 1. The minimum absolute atomic E-state index is 0.0373. The largest absolute Gasteiger partial charge is 0.472 e. The summed E-state index contributed by atoms with van der Waals surface area (Å²) in [6.07, 6.45) is 99.8. The molecule has 0 bridgehead atoms. The molecule has 0 amide bonds. The third-order valence-corrected chi connectivity index (χ3v) is 21.3. The molecule has 9 nitrogen and oxygen atoms in total. The molecule has 2 unspecified atom stereocenters. The molecule has 0 aromatic heterocycles. The zero-order valence-electron chi connectivity index (χ0n) is 65.7. The Morgan fingerprint density at radius 1 is 0.312 bits per heavy atom. The standard InChI is InChI=1S/C86H170NO8P/c1-6-8-10-12-14-16-18-20-22-24-26-28-30-32-34-36-38-39-40-41-42-43-44-45-46-47-49-51-53-55-57-59-61-63-65-67-69-71-73-75-77-79-86(89)95-84(83-94-96(90,91)93-81-80-87(3,4)5)82-92-85(88)78-76-74-72-70-68-66-64-62-60-58-56-54-52-50-48-37-35-33-31-29-27-25-23-21-19-17-15-13-11-9-7-2/h24,26,84H,6-23,25,27-83H2,1-5H3/p+1/b26-24-. The Morgan fingerprint density at radius 3 is 0.771 bits per heavy atom. The van der Waals surface area contributed by atoms with Gasteiger partial charge in [-0.3, -0.25) is 18.6 Å². The van der Waals surface area contributed by atoms with Crippen LogP contribution >= 0.6 is 7.82 Å². The number of esters is 2. The van der Waals surface area contributed by atoms with Crippen molar-refractivity contribution in [3.8, 4) is 0 Å². The highest BCUT2D eigenvalue weighted by Crippen LogP contribution is 2.43. The zero-order valence-corrected chi connectivity index (χ0v) is 66.6.